The number of fused-ring (bicyclic) bond motifs is 2. The first-order valence-corrected chi connectivity index (χ1v) is 14.8. The third-order valence-corrected chi connectivity index (χ3v) is 8.81. The van der Waals surface area contributed by atoms with Crippen LogP contribution < -0.4 is 9.46 Å². The van der Waals surface area contributed by atoms with Crippen molar-refractivity contribution in [2.75, 3.05) is 27.3 Å². The minimum Gasteiger partial charge on any atom is -0.476 e. The van der Waals surface area contributed by atoms with Gasteiger partial charge in [0.2, 0.25) is 16.8 Å². The standard InChI is InChI=1S/C29H36N4O5S/c1-18(2)25-12-22(21-7-6-20-8-9-37-16-23(20)11-21)10-19(3)26(25)13-27(34)31-39(35,36)28-14-29-33(30-28)15-24(17-38-29)32(4)5/h6-7,10-12,14,18,24H,8-9,13,15-17H2,1-5H3,(H,31,34)/t24-/m0/s1. The lowest BCUT2D eigenvalue weighted by Gasteiger charge is -2.28. The van der Waals surface area contributed by atoms with Crippen molar-refractivity contribution in [2.45, 2.75) is 63.8 Å². The first kappa shape index (κ1) is 27.4. The fraction of sp³-hybridized carbons (Fsp3) is 0.448. The molecule has 5 rings (SSSR count). The lowest BCUT2D eigenvalue weighted by molar-refractivity contribution is -0.118. The van der Waals surface area contributed by atoms with Crippen LogP contribution in [0.2, 0.25) is 0 Å². The van der Waals surface area contributed by atoms with E-state index in [-0.39, 0.29) is 23.4 Å². The van der Waals surface area contributed by atoms with Crippen molar-refractivity contribution in [3.05, 3.63) is 64.2 Å². The number of carbonyl (C=O) groups is 1. The zero-order valence-electron chi connectivity index (χ0n) is 23.2. The summed E-state index contributed by atoms with van der Waals surface area (Å²) in [7, 11) is -0.289. The predicted molar refractivity (Wildman–Crippen MR) is 148 cm³/mol. The Balaban J connectivity index is 1.36. The number of amides is 1. The largest absolute Gasteiger partial charge is 0.476 e. The van der Waals surface area contributed by atoms with Crippen molar-refractivity contribution in [1.29, 1.82) is 0 Å². The molecule has 3 heterocycles. The number of aryl methyl sites for hydroxylation is 1. The number of sulfonamides is 1. The molecule has 0 fully saturated rings. The molecule has 39 heavy (non-hydrogen) atoms. The van der Waals surface area contributed by atoms with Crippen LogP contribution in [0.4, 0.5) is 0 Å². The van der Waals surface area contributed by atoms with Gasteiger partial charge in [-0.15, -0.1) is 0 Å². The number of hydrogen-bond acceptors (Lipinski definition) is 7. The van der Waals surface area contributed by atoms with Gasteiger partial charge in [0.25, 0.3) is 10.0 Å². The summed E-state index contributed by atoms with van der Waals surface area (Å²) in [4.78, 5) is 15.1. The number of carbonyl (C=O) groups excluding carboxylic acids is 1. The maximum atomic E-state index is 13.1. The molecule has 3 aromatic rings. The van der Waals surface area contributed by atoms with E-state index in [0.717, 1.165) is 40.8 Å². The highest BCUT2D eigenvalue weighted by Gasteiger charge is 2.29. The third-order valence-electron chi connectivity index (χ3n) is 7.56. The molecule has 0 saturated heterocycles. The quantitative estimate of drug-likeness (QED) is 0.479. The number of ether oxygens (including phenoxy) is 2. The van der Waals surface area contributed by atoms with Crippen molar-refractivity contribution in [3.8, 4) is 17.0 Å². The lowest BCUT2D eigenvalue weighted by Crippen LogP contribution is -2.41. The molecule has 2 aliphatic rings. The fourth-order valence-corrected chi connectivity index (χ4v) is 6.15. The van der Waals surface area contributed by atoms with E-state index in [9.17, 15) is 13.2 Å². The third kappa shape index (κ3) is 5.73. The number of aromatic nitrogens is 2. The zero-order chi connectivity index (χ0) is 27.9. The highest BCUT2D eigenvalue weighted by Crippen LogP contribution is 2.32. The van der Waals surface area contributed by atoms with Crippen molar-refractivity contribution >= 4 is 15.9 Å². The van der Waals surface area contributed by atoms with Gasteiger partial charge in [0, 0.05) is 6.07 Å². The van der Waals surface area contributed by atoms with Gasteiger partial charge in [-0.25, -0.2) is 9.40 Å². The second kappa shape index (κ2) is 10.7. The predicted octanol–water partition coefficient (Wildman–Crippen LogP) is 3.42. The molecule has 208 valence electrons. The summed E-state index contributed by atoms with van der Waals surface area (Å²) in [6.45, 7) is 8.44. The summed E-state index contributed by atoms with van der Waals surface area (Å²) in [6, 6.07) is 12.1. The van der Waals surface area contributed by atoms with E-state index in [1.807, 2.05) is 25.9 Å². The smallest absolute Gasteiger partial charge is 0.283 e. The summed E-state index contributed by atoms with van der Waals surface area (Å²) in [5.74, 6) is -0.0781. The molecule has 0 radical (unpaired) electrons. The molecule has 2 aliphatic heterocycles. The first-order valence-electron chi connectivity index (χ1n) is 13.3. The van der Waals surface area contributed by atoms with E-state index in [0.29, 0.717) is 25.6 Å². The second-order valence-electron chi connectivity index (χ2n) is 10.9. The topological polar surface area (TPSA) is 103 Å². The minimum atomic E-state index is -4.15. The maximum absolute atomic E-state index is 13.1. The molecule has 9 nitrogen and oxygen atoms in total. The van der Waals surface area contributed by atoms with E-state index in [2.05, 4.69) is 54.0 Å². The van der Waals surface area contributed by atoms with Gasteiger partial charge >= 0.3 is 0 Å². The Hall–Kier alpha value is -3.21. The van der Waals surface area contributed by atoms with Gasteiger partial charge < -0.3 is 14.4 Å². The van der Waals surface area contributed by atoms with Gasteiger partial charge in [0.15, 0.2) is 0 Å². The van der Waals surface area contributed by atoms with Gasteiger partial charge in [-0.05, 0) is 78.4 Å². The Labute approximate surface area is 230 Å². The number of hydrogen-bond donors (Lipinski definition) is 1. The van der Waals surface area contributed by atoms with Crippen LogP contribution in [0.25, 0.3) is 11.1 Å². The number of benzene rings is 2. The van der Waals surface area contributed by atoms with Gasteiger partial charge in [-0.3, -0.25) is 4.79 Å². The van der Waals surface area contributed by atoms with Crippen LogP contribution in [0.15, 0.2) is 41.4 Å². The Morgan fingerprint density at radius 2 is 1.95 bits per heavy atom. The molecular formula is C29H36N4O5S. The molecule has 1 amide bonds. The Morgan fingerprint density at radius 1 is 1.15 bits per heavy atom. The molecule has 0 unspecified atom stereocenters. The number of likely N-dealkylation sites (N-methyl/N-ethyl adjacent to an activating group) is 1. The average Bonchev–Trinajstić information content (AvgIpc) is 3.33. The zero-order valence-corrected chi connectivity index (χ0v) is 24.0. The lowest BCUT2D eigenvalue weighted by atomic mass is 9.87. The van der Waals surface area contributed by atoms with E-state index < -0.39 is 15.9 Å². The van der Waals surface area contributed by atoms with E-state index in [1.54, 1.807) is 0 Å². The highest BCUT2D eigenvalue weighted by molar-refractivity contribution is 7.90. The van der Waals surface area contributed by atoms with Crippen molar-refractivity contribution in [3.63, 3.8) is 0 Å². The summed E-state index contributed by atoms with van der Waals surface area (Å²) in [5.41, 5.74) is 7.50. The molecule has 1 atom stereocenters. The number of nitrogens with zero attached hydrogens (tertiary/aromatic N) is 3. The minimum absolute atomic E-state index is 0.0519. The van der Waals surface area contributed by atoms with E-state index in [4.69, 9.17) is 9.47 Å². The average molecular weight is 553 g/mol. The Bertz CT molecular complexity index is 1510. The Kier molecular flexibility index (Phi) is 7.54. The summed E-state index contributed by atoms with van der Waals surface area (Å²) in [6.07, 6.45) is 0.873. The monoisotopic (exact) mass is 552 g/mol. The van der Waals surface area contributed by atoms with Gasteiger partial charge in [-0.2, -0.15) is 13.5 Å². The van der Waals surface area contributed by atoms with Gasteiger partial charge in [-0.1, -0.05) is 38.1 Å². The molecule has 1 aromatic heterocycles. The molecular weight excluding hydrogens is 516 g/mol. The van der Waals surface area contributed by atoms with Crippen LogP contribution in [-0.2, 0) is 45.5 Å². The molecule has 1 N–H and O–H groups in total. The summed E-state index contributed by atoms with van der Waals surface area (Å²) >= 11 is 0. The molecule has 0 aliphatic carbocycles. The molecule has 2 aromatic carbocycles. The second-order valence-corrected chi connectivity index (χ2v) is 12.6. The molecule has 0 bridgehead atoms. The van der Waals surface area contributed by atoms with Gasteiger partial charge in [0.05, 0.1) is 32.2 Å². The Morgan fingerprint density at radius 3 is 2.69 bits per heavy atom. The SMILES string of the molecule is Cc1cc(-c2ccc3c(c2)COCC3)cc(C(C)C)c1CC(=O)NS(=O)(=O)c1cc2n(n1)C[C@H](N(C)C)CO2. The van der Waals surface area contributed by atoms with Crippen LogP contribution in [-0.4, -0.2) is 62.4 Å². The van der Waals surface area contributed by atoms with Crippen LogP contribution in [0, 0.1) is 6.92 Å². The first-order chi connectivity index (χ1) is 18.5. The van der Waals surface area contributed by atoms with Crippen molar-refractivity contribution in [2.24, 2.45) is 0 Å². The van der Waals surface area contributed by atoms with Crippen molar-refractivity contribution in [1.82, 2.24) is 19.4 Å². The van der Waals surface area contributed by atoms with E-state index >= 15 is 0 Å². The van der Waals surface area contributed by atoms with E-state index in [1.165, 1.54) is 21.9 Å². The van der Waals surface area contributed by atoms with Crippen LogP contribution in [0.3, 0.4) is 0 Å². The fourth-order valence-electron chi connectivity index (χ4n) is 5.22. The number of nitrogens with one attached hydrogen (secondary N) is 1. The van der Waals surface area contributed by atoms with Crippen LogP contribution in [0.1, 0.15) is 47.6 Å². The highest BCUT2D eigenvalue weighted by atomic mass is 32.2. The normalized spacial score (nSPS) is 17.1. The van der Waals surface area contributed by atoms with Crippen molar-refractivity contribution < 1.29 is 22.7 Å². The molecule has 10 heteroatoms. The summed E-state index contributed by atoms with van der Waals surface area (Å²) < 4.78 is 41.1. The van der Waals surface area contributed by atoms with Gasteiger partial charge in [0.1, 0.15) is 6.61 Å². The van der Waals surface area contributed by atoms with Crippen LogP contribution >= 0.6 is 0 Å². The molecule has 0 saturated carbocycles. The molecule has 0 spiro atoms. The van der Waals surface area contributed by atoms with Crippen LogP contribution in [0.5, 0.6) is 5.88 Å². The number of rotatable bonds is 7. The summed E-state index contributed by atoms with van der Waals surface area (Å²) in [5, 5.41) is 3.98. The maximum Gasteiger partial charge on any atom is 0.283 e.